The number of aliphatic hydroxyl groups is 2. The second-order valence-electron chi connectivity index (χ2n) is 4.34. The molecule has 19 heavy (non-hydrogen) atoms. The maximum Gasteiger partial charge on any atom is 0.226 e. The van der Waals surface area contributed by atoms with Crippen molar-refractivity contribution in [3.63, 3.8) is 0 Å². The third-order valence-electron chi connectivity index (χ3n) is 3.06. The van der Waals surface area contributed by atoms with Crippen molar-refractivity contribution in [1.82, 2.24) is 19.5 Å². The molecular formula is C10H12ClN5O3. The summed E-state index contributed by atoms with van der Waals surface area (Å²) in [4.78, 5) is 11.9. The van der Waals surface area contributed by atoms with Gasteiger partial charge in [0.15, 0.2) is 17.7 Å². The number of hydrogen-bond donors (Lipinski definition) is 3. The van der Waals surface area contributed by atoms with Crippen LogP contribution in [0.3, 0.4) is 0 Å². The Kier molecular flexibility index (Phi) is 3.02. The average molecular weight is 286 g/mol. The number of aromatic nitrogens is 4. The predicted molar refractivity (Wildman–Crippen MR) is 66.4 cm³/mol. The second kappa shape index (κ2) is 4.57. The summed E-state index contributed by atoms with van der Waals surface area (Å²) in [6.07, 6.45) is -0.0430. The molecular weight excluding hydrogens is 274 g/mol. The Balaban J connectivity index is 2.06. The quantitative estimate of drug-likeness (QED) is 0.648. The molecule has 3 atom stereocenters. The van der Waals surface area contributed by atoms with E-state index in [1.54, 1.807) is 4.57 Å². The molecule has 1 aliphatic heterocycles. The van der Waals surface area contributed by atoms with E-state index in [1.165, 1.54) is 6.33 Å². The highest BCUT2D eigenvalue weighted by molar-refractivity contribution is 6.28. The molecule has 1 fully saturated rings. The van der Waals surface area contributed by atoms with Gasteiger partial charge in [0.1, 0.15) is 11.6 Å². The molecule has 0 radical (unpaired) electrons. The van der Waals surface area contributed by atoms with Gasteiger partial charge in [-0.2, -0.15) is 9.97 Å². The van der Waals surface area contributed by atoms with E-state index in [9.17, 15) is 5.11 Å². The van der Waals surface area contributed by atoms with E-state index < -0.39 is 18.4 Å². The van der Waals surface area contributed by atoms with Gasteiger partial charge in [0, 0.05) is 6.42 Å². The minimum absolute atomic E-state index is 0.00190. The topological polar surface area (TPSA) is 119 Å². The van der Waals surface area contributed by atoms with Crippen LogP contribution < -0.4 is 5.73 Å². The van der Waals surface area contributed by atoms with Crippen LogP contribution >= 0.6 is 11.6 Å². The van der Waals surface area contributed by atoms with E-state index in [0.717, 1.165) is 0 Å². The number of nitrogens with zero attached hydrogens (tertiary/aromatic N) is 4. The normalized spacial score (nSPS) is 27.2. The summed E-state index contributed by atoms with van der Waals surface area (Å²) in [5.74, 6) is 0.167. The Hall–Kier alpha value is -1.48. The molecule has 0 saturated carbocycles. The Bertz CT molecular complexity index is 618. The molecule has 2 aromatic heterocycles. The Morgan fingerprint density at radius 2 is 2.32 bits per heavy atom. The number of fused-ring (bicyclic) bond motifs is 1. The first kappa shape index (κ1) is 12.5. The van der Waals surface area contributed by atoms with Crippen LogP contribution in [0.15, 0.2) is 6.33 Å². The lowest BCUT2D eigenvalue weighted by atomic mass is 10.2. The zero-order valence-corrected chi connectivity index (χ0v) is 10.5. The first-order chi connectivity index (χ1) is 9.10. The number of ether oxygens (including phenoxy) is 1. The Labute approximate surface area is 112 Å². The molecule has 0 bridgehead atoms. The molecule has 8 nitrogen and oxygen atoms in total. The van der Waals surface area contributed by atoms with Crippen LogP contribution in [0.4, 0.5) is 5.82 Å². The van der Waals surface area contributed by atoms with Gasteiger partial charge in [0.2, 0.25) is 5.28 Å². The molecule has 1 aliphatic rings. The average Bonchev–Trinajstić information content (AvgIpc) is 2.92. The number of halogens is 1. The smallest absolute Gasteiger partial charge is 0.226 e. The van der Waals surface area contributed by atoms with E-state index in [4.69, 9.17) is 27.2 Å². The first-order valence-electron chi connectivity index (χ1n) is 5.70. The van der Waals surface area contributed by atoms with Crippen molar-refractivity contribution in [2.45, 2.75) is 24.9 Å². The molecule has 0 aliphatic carbocycles. The highest BCUT2D eigenvalue weighted by atomic mass is 35.5. The lowest BCUT2D eigenvalue weighted by Gasteiger charge is -2.16. The fourth-order valence-electron chi connectivity index (χ4n) is 2.19. The van der Waals surface area contributed by atoms with E-state index >= 15 is 0 Å². The molecule has 0 spiro atoms. The summed E-state index contributed by atoms with van der Waals surface area (Å²) in [7, 11) is 0. The highest BCUT2D eigenvalue weighted by Crippen LogP contribution is 2.31. The molecule has 2 aromatic rings. The highest BCUT2D eigenvalue weighted by Gasteiger charge is 2.36. The van der Waals surface area contributed by atoms with Gasteiger partial charge < -0.3 is 20.7 Å². The van der Waals surface area contributed by atoms with Gasteiger partial charge in [-0.05, 0) is 11.6 Å². The van der Waals surface area contributed by atoms with Crippen molar-refractivity contribution in [1.29, 1.82) is 0 Å². The van der Waals surface area contributed by atoms with Crippen molar-refractivity contribution in [2.75, 3.05) is 12.3 Å². The number of nitrogen functional groups attached to an aromatic ring is 1. The second-order valence-corrected chi connectivity index (χ2v) is 4.67. The summed E-state index contributed by atoms with van der Waals surface area (Å²) in [5, 5.41) is 19.0. The van der Waals surface area contributed by atoms with E-state index in [0.29, 0.717) is 17.6 Å². The number of rotatable bonds is 2. The van der Waals surface area contributed by atoms with Crippen molar-refractivity contribution < 1.29 is 14.9 Å². The van der Waals surface area contributed by atoms with Crippen LogP contribution in [0.5, 0.6) is 0 Å². The fraction of sp³-hybridized carbons (Fsp3) is 0.500. The number of nitrogens with two attached hydrogens (primary N) is 1. The monoisotopic (exact) mass is 285 g/mol. The number of aliphatic hydroxyl groups excluding tert-OH is 2. The van der Waals surface area contributed by atoms with Gasteiger partial charge in [-0.15, -0.1) is 0 Å². The summed E-state index contributed by atoms with van der Waals surface area (Å²) >= 11 is 5.77. The van der Waals surface area contributed by atoms with Gasteiger partial charge in [0.05, 0.1) is 19.0 Å². The van der Waals surface area contributed by atoms with Gasteiger partial charge >= 0.3 is 0 Å². The lowest BCUT2D eigenvalue weighted by molar-refractivity contribution is -0.0486. The fourth-order valence-corrected chi connectivity index (χ4v) is 2.37. The number of hydrogen-bond acceptors (Lipinski definition) is 7. The molecule has 9 heteroatoms. The molecule has 1 saturated heterocycles. The van der Waals surface area contributed by atoms with E-state index in [-0.39, 0.29) is 17.7 Å². The summed E-state index contributed by atoms with van der Waals surface area (Å²) < 4.78 is 7.07. The van der Waals surface area contributed by atoms with Gasteiger partial charge in [-0.25, -0.2) is 4.98 Å². The van der Waals surface area contributed by atoms with Crippen molar-refractivity contribution in [2.24, 2.45) is 0 Å². The van der Waals surface area contributed by atoms with Crippen LogP contribution in [0, 0.1) is 0 Å². The number of imidazole rings is 1. The first-order valence-corrected chi connectivity index (χ1v) is 6.08. The maximum absolute atomic E-state index is 9.97. The predicted octanol–water partition coefficient (Wildman–Crippen LogP) is -0.297. The minimum atomic E-state index is -0.760. The zero-order chi connectivity index (χ0) is 13.6. The van der Waals surface area contributed by atoms with Crippen LogP contribution in [0.25, 0.3) is 11.2 Å². The lowest BCUT2D eigenvalue weighted by Crippen LogP contribution is -2.19. The third kappa shape index (κ3) is 2.02. The molecule has 3 heterocycles. The SMILES string of the molecule is Nc1nc(Cl)nc2c1ncn2C1OC(CO)CC1O. The third-order valence-corrected chi connectivity index (χ3v) is 3.23. The van der Waals surface area contributed by atoms with Crippen molar-refractivity contribution in [3.8, 4) is 0 Å². The van der Waals surface area contributed by atoms with Crippen LogP contribution in [0.1, 0.15) is 12.6 Å². The van der Waals surface area contributed by atoms with Crippen LogP contribution in [0.2, 0.25) is 5.28 Å². The summed E-state index contributed by atoms with van der Waals surface area (Å²) in [6.45, 7) is -0.155. The number of anilines is 1. The summed E-state index contributed by atoms with van der Waals surface area (Å²) in [5.41, 5.74) is 6.49. The molecule has 3 unspecified atom stereocenters. The minimum Gasteiger partial charge on any atom is -0.394 e. The molecule has 0 aromatic carbocycles. The molecule has 3 rings (SSSR count). The standard InChI is InChI=1S/C10H12ClN5O3/c11-10-14-7(12)6-8(15-10)16(3-13-6)9-5(18)1-4(2-17)19-9/h3-5,9,17-18H,1-2H2,(H2,12,14,15). The van der Waals surface area contributed by atoms with Gasteiger partial charge in [-0.3, -0.25) is 4.57 Å². The van der Waals surface area contributed by atoms with Crippen LogP contribution in [-0.4, -0.2) is 48.5 Å². The Morgan fingerprint density at radius 3 is 3.00 bits per heavy atom. The van der Waals surface area contributed by atoms with Gasteiger partial charge in [-0.1, -0.05) is 0 Å². The largest absolute Gasteiger partial charge is 0.394 e. The van der Waals surface area contributed by atoms with Crippen LogP contribution in [-0.2, 0) is 4.74 Å². The van der Waals surface area contributed by atoms with E-state index in [2.05, 4.69) is 15.0 Å². The molecule has 0 amide bonds. The van der Waals surface area contributed by atoms with Crippen molar-refractivity contribution >= 4 is 28.6 Å². The zero-order valence-electron chi connectivity index (χ0n) is 9.77. The summed E-state index contributed by atoms with van der Waals surface area (Å²) in [6, 6.07) is 0. The Morgan fingerprint density at radius 1 is 1.53 bits per heavy atom. The molecule has 102 valence electrons. The maximum atomic E-state index is 9.97. The van der Waals surface area contributed by atoms with E-state index in [1.807, 2.05) is 0 Å². The van der Waals surface area contributed by atoms with Crippen molar-refractivity contribution in [3.05, 3.63) is 11.6 Å². The van der Waals surface area contributed by atoms with Gasteiger partial charge in [0.25, 0.3) is 0 Å². The molecule has 4 N–H and O–H groups in total.